The lowest BCUT2D eigenvalue weighted by Gasteiger charge is -2.10. The number of alkyl halides is 3. The van der Waals surface area contributed by atoms with Crippen LogP contribution in [0.15, 0.2) is 6.07 Å². The van der Waals surface area contributed by atoms with E-state index in [1.165, 1.54) is 6.07 Å². The molecule has 4 nitrogen and oxygen atoms in total. The topological polar surface area (TPSA) is 63.0 Å². The molecule has 0 spiro atoms. The molecule has 0 saturated carbocycles. The maximum atomic E-state index is 12.7. The SMILES string of the molecule is COC(=O)c1c(CCl)cc(C#N)nc1C(F)F. The minimum absolute atomic E-state index is 0.0976. The van der Waals surface area contributed by atoms with Crippen LogP contribution in [0.4, 0.5) is 8.78 Å². The van der Waals surface area contributed by atoms with Gasteiger partial charge in [-0.15, -0.1) is 11.6 Å². The summed E-state index contributed by atoms with van der Waals surface area (Å²) >= 11 is 5.55. The molecule has 0 radical (unpaired) electrons. The Kier molecular flexibility index (Phi) is 4.35. The van der Waals surface area contributed by atoms with Gasteiger partial charge < -0.3 is 4.74 Å². The van der Waals surface area contributed by atoms with Gasteiger partial charge in [0.25, 0.3) is 6.43 Å². The minimum Gasteiger partial charge on any atom is -0.465 e. The molecule has 0 bridgehead atoms. The normalized spacial score (nSPS) is 10.1. The van der Waals surface area contributed by atoms with E-state index in [9.17, 15) is 13.6 Å². The van der Waals surface area contributed by atoms with Gasteiger partial charge in [-0.1, -0.05) is 0 Å². The van der Waals surface area contributed by atoms with Crippen molar-refractivity contribution in [3.05, 3.63) is 28.6 Å². The number of carbonyl (C=O) groups is 1. The van der Waals surface area contributed by atoms with E-state index in [0.717, 1.165) is 7.11 Å². The van der Waals surface area contributed by atoms with Crippen molar-refractivity contribution in [3.8, 4) is 6.07 Å². The molecule has 17 heavy (non-hydrogen) atoms. The van der Waals surface area contributed by atoms with Crippen LogP contribution in [0.3, 0.4) is 0 Å². The standard InChI is InChI=1S/C10H7ClF2N2O2/c1-17-10(16)7-5(3-11)2-6(4-14)15-8(7)9(12)13/h2,9H,3H2,1H3. The lowest BCUT2D eigenvalue weighted by molar-refractivity contribution is 0.0586. The summed E-state index contributed by atoms with van der Waals surface area (Å²) in [6, 6.07) is 2.81. The van der Waals surface area contributed by atoms with Gasteiger partial charge in [0, 0.05) is 5.88 Å². The van der Waals surface area contributed by atoms with Gasteiger partial charge in [0.2, 0.25) is 0 Å². The maximum Gasteiger partial charge on any atom is 0.340 e. The Morgan fingerprint density at radius 2 is 2.35 bits per heavy atom. The molecule has 0 aromatic carbocycles. The molecule has 7 heteroatoms. The van der Waals surface area contributed by atoms with Gasteiger partial charge in [-0.3, -0.25) is 0 Å². The fourth-order valence-electron chi connectivity index (χ4n) is 1.28. The van der Waals surface area contributed by atoms with Gasteiger partial charge in [0.15, 0.2) is 0 Å². The van der Waals surface area contributed by atoms with Crippen molar-refractivity contribution >= 4 is 17.6 Å². The average molecular weight is 261 g/mol. The third kappa shape index (κ3) is 2.68. The van der Waals surface area contributed by atoms with Crippen LogP contribution in [0, 0.1) is 11.3 Å². The molecule has 0 aliphatic heterocycles. The molecule has 0 fully saturated rings. The molecule has 1 heterocycles. The summed E-state index contributed by atoms with van der Waals surface area (Å²) in [6.45, 7) is 0. The zero-order valence-electron chi connectivity index (χ0n) is 8.71. The van der Waals surface area contributed by atoms with E-state index in [4.69, 9.17) is 16.9 Å². The van der Waals surface area contributed by atoms with E-state index in [0.29, 0.717) is 0 Å². The first-order valence-corrected chi connectivity index (χ1v) is 4.95. The van der Waals surface area contributed by atoms with E-state index in [-0.39, 0.29) is 22.7 Å². The molecule has 0 amide bonds. The van der Waals surface area contributed by atoms with Crippen molar-refractivity contribution in [3.63, 3.8) is 0 Å². The molecule has 0 atom stereocenters. The minimum atomic E-state index is -2.99. The number of rotatable bonds is 3. The molecule has 0 unspecified atom stereocenters. The van der Waals surface area contributed by atoms with Gasteiger partial charge in [0.1, 0.15) is 17.5 Å². The Morgan fingerprint density at radius 1 is 1.71 bits per heavy atom. The molecule has 1 rings (SSSR count). The number of ether oxygens (including phenoxy) is 1. The lowest BCUT2D eigenvalue weighted by Crippen LogP contribution is -2.12. The number of nitrogens with zero attached hydrogens (tertiary/aromatic N) is 2. The highest BCUT2D eigenvalue weighted by Crippen LogP contribution is 2.26. The summed E-state index contributed by atoms with van der Waals surface area (Å²) in [5, 5.41) is 8.63. The molecular formula is C10H7ClF2N2O2. The largest absolute Gasteiger partial charge is 0.465 e. The third-order valence-electron chi connectivity index (χ3n) is 1.98. The number of hydrogen-bond acceptors (Lipinski definition) is 4. The van der Waals surface area contributed by atoms with Crippen LogP contribution >= 0.6 is 11.6 Å². The van der Waals surface area contributed by atoms with Crippen molar-refractivity contribution in [1.82, 2.24) is 4.98 Å². The molecule has 90 valence electrons. The second kappa shape index (κ2) is 5.55. The smallest absolute Gasteiger partial charge is 0.340 e. The number of nitriles is 1. The van der Waals surface area contributed by atoms with Crippen molar-refractivity contribution < 1.29 is 18.3 Å². The number of esters is 1. The maximum absolute atomic E-state index is 12.7. The fourth-order valence-corrected chi connectivity index (χ4v) is 1.49. The molecule has 0 aliphatic carbocycles. The van der Waals surface area contributed by atoms with E-state index in [1.54, 1.807) is 6.07 Å². The van der Waals surface area contributed by atoms with Crippen LogP contribution in [0.1, 0.15) is 33.7 Å². The Labute approximate surface area is 101 Å². The van der Waals surface area contributed by atoms with Crippen LogP contribution < -0.4 is 0 Å². The molecule has 0 saturated heterocycles. The molecule has 0 N–H and O–H groups in total. The first-order chi connectivity index (χ1) is 8.04. The summed E-state index contributed by atoms with van der Waals surface area (Å²) in [5.74, 6) is -1.14. The fraction of sp³-hybridized carbons (Fsp3) is 0.300. The highest BCUT2D eigenvalue weighted by molar-refractivity contribution is 6.17. The van der Waals surface area contributed by atoms with Crippen molar-refractivity contribution in [2.24, 2.45) is 0 Å². The monoisotopic (exact) mass is 260 g/mol. The quantitative estimate of drug-likeness (QED) is 0.618. The van der Waals surface area contributed by atoms with E-state index < -0.39 is 18.1 Å². The Morgan fingerprint density at radius 3 is 2.76 bits per heavy atom. The summed E-state index contributed by atoms with van der Waals surface area (Å²) in [7, 11) is 1.06. The first-order valence-electron chi connectivity index (χ1n) is 4.41. The molecular weight excluding hydrogens is 254 g/mol. The number of carbonyl (C=O) groups excluding carboxylic acids is 1. The van der Waals surface area contributed by atoms with Gasteiger partial charge in [-0.05, 0) is 11.6 Å². The summed E-state index contributed by atoms with van der Waals surface area (Å²) < 4.78 is 29.9. The third-order valence-corrected chi connectivity index (χ3v) is 2.27. The van der Waals surface area contributed by atoms with Crippen LogP contribution in [-0.4, -0.2) is 18.1 Å². The first kappa shape index (κ1) is 13.3. The van der Waals surface area contributed by atoms with Crippen LogP contribution in [0.5, 0.6) is 0 Å². The predicted molar refractivity (Wildman–Crippen MR) is 54.8 cm³/mol. The highest BCUT2D eigenvalue weighted by atomic mass is 35.5. The van der Waals surface area contributed by atoms with Crippen molar-refractivity contribution in [2.45, 2.75) is 12.3 Å². The highest BCUT2D eigenvalue weighted by Gasteiger charge is 2.25. The van der Waals surface area contributed by atoms with E-state index in [1.807, 2.05) is 0 Å². The van der Waals surface area contributed by atoms with Crippen LogP contribution in [0.25, 0.3) is 0 Å². The number of aromatic nitrogens is 1. The van der Waals surface area contributed by atoms with Gasteiger partial charge in [-0.25, -0.2) is 18.6 Å². The van der Waals surface area contributed by atoms with Gasteiger partial charge in [-0.2, -0.15) is 5.26 Å². The lowest BCUT2D eigenvalue weighted by atomic mass is 10.1. The number of pyridine rings is 1. The number of methoxy groups -OCH3 is 1. The molecule has 1 aromatic rings. The van der Waals surface area contributed by atoms with Gasteiger partial charge in [0.05, 0.1) is 12.7 Å². The number of hydrogen-bond donors (Lipinski definition) is 0. The number of halogens is 3. The van der Waals surface area contributed by atoms with Crippen molar-refractivity contribution in [2.75, 3.05) is 7.11 Å². The summed E-state index contributed by atoms with van der Waals surface area (Å²) in [5.41, 5.74) is -1.29. The zero-order chi connectivity index (χ0) is 13.0. The summed E-state index contributed by atoms with van der Waals surface area (Å²) in [6.07, 6.45) is -2.99. The van der Waals surface area contributed by atoms with Crippen molar-refractivity contribution in [1.29, 1.82) is 5.26 Å². The Balaban J connectivity index is 3.53. The van der Waals surface area contributed by atoms with E-state index >= 15 is 0 Å². The predicted octanol–water partition coefficient (Wildman–Crippen LogP) is 2.42. The van der Waals surface area contributed by atoms with Gasteiger partial charge >= 0.3 is 5.97 Å². The van der Waals surface area contributed by atoms with Crippen LogP contribution in [0.2, 0.25) is 0 Å². The van der Waals surface area contributed by atoms with Crippen LogP contribution in [-0.2, 0) is 10.6 Å². The van der Waals surface area contributed by atoms with E-state index in [2.05, 4.69) is 9.72 Å². The Bertz CT molecular complexity index is 486. The average Bonchev–Trinajstić information content (AvgIpc) is 2.35. The molecule has 0 aliphatic rings. The summed E-state index contributed by atoms with van der Waals surface area (Å²) in [4.78, 5) is 14.8. The zero-order valence-corrected chi connectivity index (χ0v) is 9.46. The Hall–Kier alpha value is -1.74. The second-order valence-corrected chi connectivity index (χ2v) is 3.23. The second-order valence-electron chi connectivity index (χ2n) is 2.96. The molecule has 1 aromatic heterocycles.